The molecule has 1 N–H and O–H groups in total. The molecule has 1 aromatic rings. The van der Waals surface area contributed by atoms with Crippen LogP contribution in [0.3, 0.4) is 0 Å². The summed E-state index contributed by atoms with van der Waals surface area (Å²) in [5.41, 5.74) is 1.11. The predicted octanol–water partition coefficient (Wildman–Crippen LogP) is 0.597. The SMILES string of the molecule is CC1CC[NH+](CCN2C(=O)c3ccccc3C2=O)CC1. The van der Waals surface area contributed by atoms with Crippen LogP contribution in [0.15, 0.2) is 24.3 Å². The first kappa shape index (κ1) is 13.3. The van der Waals surface area contributed by atoms with E-state index >= 15 is 0 Å². The standard InChI is InChI=1S/C16H20N2O2/c1-12-6-8-17(9-7-12)10-11-18-15(19)13-4-2-3-5-14(13)16(18)20/h2-5,12H,6-11H2,1H3/p+1. The molecule has 3 rings (SSSR count). The van der Waals surface area contributed by atoms with Gasteiger partial charge >= 0.3 is 0 Å². The predicted molar refractivity (Wildman–Crippen MR) is 75.8 cm³/mol. The van der Waals surface area contributed by atoms with E-state index in [0.29, 0.717) is 17.7 Å². The number of carbonyl (C=O) groups is 2. The smallest absolute Gasteiger partial charge is 0.261 e. The minimum absolute atomic E-state index is 0.129. The summed E-state index contributed by atoms with van der Waals surface area (Å²) in [5, 5.41) is 0. The number of hydrogen-bond donors (Lipinski definition) is 1. The maximum Gasteiger partial charge on any atom is 0.261 e. The van der Waals surface area contributed by atoms with Gasteiger partial charge in [0.05, 0.1) is 37.3 Å². The van der Waals surface area contributed by atoms with Gasteiger partial charge in [-0.05, 0) is 30.9 Å². The highest BCUT2D eigenvalue weighted by atomic mass is 16.2. The molecule has 106 valence electrons. The monoisotopic (exact) mass is 273 g/mol. The second-order valence-electron chi connectivity index (χ2n) is 5.99. The zero-order valence-electron chi connectivity index (χ0n) is 11.9. The lowest BCUT2D eigenvalue weighted by molar-refractivity contribution is -0.905. The Kier molecular flexibility index (Phi) is 3.57. The average molecular weight is 273 g/mol. The maximum absolute atomic E-state index is 12.2. The van der Waals surface area contributed by atoms with Gasteiger partial charge in [0.15, 0.2) is 0 Å². The lowest BCUT2D eigenvalue weighted by Crippen LogP contribution is -3.13. The van der Waals surface area contributed by atoms with Gasteiger partial charge in [-0.25, -0.2) is 0 Å². The molecule has 0 spiro atoms. The lowest BCUT2D eigenvalue weighted by Gasteiger charge is -2.28. The van der Waals surface area contributed by atoms with Crippen LogP contribution in [0.5, 0.6) is 0 Å². The van der Waals surface area contributed by atoms with E-state index < -0.39 is 0 Å². The Hall–Kier alpha value is -1.68. The fraction of sp³-hybridized carbons (Fsp3) is 0.500. The summed E-state index contributed by atoms with van der Waals surface area (Å²) < 4.78 is 0. The number of likely N-dealkylation sites (tertiary alicyclic amines) is 1. The van der Waals surface area contributed by atoms with Crippen LogP contribution < -0.4 is 4.90 Å². The van der Waals surface area contributed by atoms with E-state index in [9.17, 15) is 9.59 Å². The zero-order chi connectivity index (χ0) is 14.1. The molecule has 0 unspecified atom stereocenters. The van der Waals surface area contributed by atoms with Crippen molar-refractivity contribution in [3.05, 3.63) is 35.4 Å². The van der Waals surface area contributed by atoms with Crippen molar-refractivity contribution in [3.63, 3.8) is 0 Å². The summed E-state index contributed by atoms with van der Waals surface area (Å²) in [6.45, 7) is 6.02. The molecule has 4 heteroatoms. The van der Waals surface area contributed by atoms with Crippen molar-refractivity contribution >= 4 is 11.8 Å². The van der Waals surface area contributed by atoms with Gasteiger partial charge in [0.25, 0.3) is 11.8 Å². The van der Waals surface area contributed by atoms with E-state index in [-0.39, 0.29) is 11.8 Å². The number of imide groups is 1. The summed E-state index contributed by atoms with van der Waals surface area (Å²) >= 11 is 0. The summed E-state index contributed by atoms with van der Waals surface area (Å²) in [6, 6.07) is 7.10. The van der Waals surface area contributed by atoms with Gasteiger partial charge < -0.3 is 4.90 Å². The van der Waals surface area contributed by atoms with Crippen molar-refractivity contribution in [2.45, 2.75) is 19.8 Å². The molecule has 4 nitrogen and oxygen atoms in total. The highest BCUT2D eigenvalue weighted by Gasteiger charge is 2.35. The molecule has 0 aliphatic carbocycles. The number of fused-ring (bicyclic) bond motifs is 1. The number of benzene rings is 1. The van der Waals surface area contributed by atoms with Crippen molar-refractivity contribution in [1.82, 2.24) is 4.90 Å². The van der Waals surface area contributed by atoms with Crippen LogP contribution in [0.1, 0.15) is 40.5 Å². The first-order chi connectivity index (χ1) is 9.66. The van der Waals surface area contributed by atoms with Gasteiger partial charge in [0.1, 0.15) is 0 Å². The minimum Gasteiger partial charge on any atom is -0.333 e. The molecule has 2 aliphatic rings. The Morgan fingerprint density at radius 3 is 2.20 bits per heavy atom. The molecule has 2 aliphatic heterocycles. The van der Waals surface area contributed by atoms with Gasteiger partial charge in [0.2, 0.25) is 0 Å². The fourth-order valence-electron chi connectivity index (χ4n) is 3.13. The van der Waals surface area contributed by atoms with Crippen molar-refractivity contribution < 1.29 is 14.5 Å². The molecule has 2 heterocycles. The number of carbonyl (C=O) groups excluding carboxylic acids is 2. The summed E-state index contributed by atoms with van der Waals surface area (Å²) in [7, 11) is 0. The molecule has 0 atom stereocenters. The Labute approximate surface area is 119 Å². The first-order valence-electron chi connectivity index (χ1n) is 7.45. The second-order valence-corrected chi connectivity index (χ2v) is 5.99. The van der Waals surface area contributed by atoms with Gasteiger partial charge in [-0.15, -0.1) is 0 Å². The molecule has 20 heavy (non-hydrogen) atoms. The van der Waals surface area contributed by atoms with Crippen molar-refractivity contribution in [3.8, 4) is 0 Å². The summed E-state index contributed by atoms with van der Waals surface area (Å²) in [5.74, 6) is 0.559. The topological polar surface area (TPSA) is 41.8 Å². The van der Waals surface area contributed by atoms with Crippen LogP contribution in [0.25, 0.3) is 0 Å². The Morgan fingerprint density at radius 2 is 1.65 bits per heavy atom. The van der Waals surface area contributed by atoms with Crippen LogP contribution in [-0.2, 0) is 0 Å². The van der Waals surface area contributed by atoms with Crippen molar-refractivity contribution in [2.24, 2.45) is 5.92 Å². The third-order valence-corrected chi connectivity index (χ3v) is 4.55. The van der Waals surface area contributed by atoms with E-state index in [4.69, 9.17) is 0 Å². The van der Waals surface area contributed by atoms with E-state index in [1.807, 2.05) is 12.1 Å². The number of quaternary nitrogens is 1. The fourth-order valence-corrected chi connectivity index (χ4v) is 3.13. The molecular weight excluding hydrogens is 252 g/mol. The lowest BCUT2D eigenvalue weighted by atomic mass is 9.99. The van der Waals surface area contributed by atoms with Crippen LogP contribution in [0.2, 0.25) is 0 Å². The van der Waals surface area contributed by atoms with Gasteiger partial charge in [0, 0.05) is 0 Å². The number of nitrogens with zero attached hydrogens (tertiary/aromatic N) is 1. The van der Waals surface area contributed by atoms with E-state index in [2.05, 4.69) is 6.92 Å². The Bertz CT molecular complexity index is 498. The van der Waals surface area contributed by atoms with E-state index in [1.54, 1.807) is 12.1 Å². The normalized spacial score (nSPS) is 25.9. The van der Waals surface area contributed by atoms with Gasteiger partial charge in [-0.3, -0.25) is 14.5 Å². The highest BCUT2D eigenvalue weighted by molar-refractivity contribution is 6.21. The van der Waals surface area contributed by atoms with E-state index in [1.165, 1.54) is 22.6 Å². The molecule has 1 saturated heterocycles. The third-order valence-electron chi connectivity index (χ3n) is 4.55. The van der Waals surface area contributed by atoms with Crippen LogP contribution in [-0.4, -0.2) is 42.9 Å². The van der Waals surface area contributed by atoms with Crippen molar-refractivity contribution in [2.75, 3.05) is 26.2 Å². The Balaban J connectivity index is 1.62. The van der Waals surface area contributed by atoms with Gasteiger partial charge in [-0.2, -0.15) is 0 Å². The average Bonchev–Trinajstić information content (AvgIpc) is 2.71. The van der Waals surface area contributed by atoms with Crippen molar-refractivity contribution in [1.29, 1.82) is 0 Å². The largest absolute Gasteiger partial charge is 0.333 e. The first-order valence-corrected chi connectivity index (χ1v) is 7.45. The minimum atomic E-state index is -0.129. The summed E-state index contributed by atoms with van der Waals surface area (Å²) in [4.78, 5) is 27.4. The maximum atomic E-state index is 12.2. The van der Waals surface area contributed by atoms with E-state index in [0.717, 1.165) is 25.6 Å². The quantitative estimate of drug-likeness (QED) is 0.819. The number of piperidine rings is 1. The second kappa shape index (κ2) is 5.37. The molecule has 0 radical (unpaired) electrons. The van der Waals surface area contributed by atoms with Crippen LogP contribution >= 0.6 is 0 Å². The Morgan fingerprint density at radius 1 is 1.10 bits per heavy atom. The number of amides is 2. The third kappa shape index (κ3) is 2.36. The van der Waals surface area contributed by atoms with Crippen LogP contribution in [0.4, 0.5) is 0 Å². The molecular formula is C16H21N2O2+. The molecule has 1 fully saturated rings. The van der Waals surface area contributed by atoms with Crippen LogP contribution in [0, 0.1) is 5.92 Å². The zero-order valence-corrected chi connectivity index (χ0v) is 11.9. The molecule has 2 amide bonds. The van der Waals surface area contributed by atoms with Gasteiger partial charge in [-0.1, -0.05) is 19.1 Å². The molecule has 1 aromatic carbocycles. The number of rotatable bonds is 3. The number of hydrogen-bond acceptors (Lipinski definition) is 2. The molecule has 0 aromatic heterocycles. The molecule has 0 bridgehead atoms. The highest BCUT2D eigenvalue weighted by Crippen LogP contribution is 2.21. The molecule has 0 saturated carbocycles. The summed E-state index contributed by atoms with van der Waals surface area (Å²) in [6.07, 6.45) is 2.49. The number of nitrogens with one attached hydrogen (secondary N) is 1.